The largest absolute Gasteiger partial charge is 0.494 e. The number of hydrogen-bond acceptors (Lipinski definition) is 4. The molecule has 0 bridgehead atoms. The summed E-state index contributed by atoms with van der Waals surface area (Å²) in [7, 11) is -1.03. The molecule has 0 unspecified atom stereocenters. The summed E-state index contributed by atoms with van der Waals surface area (Å²) < 4.78 is 27.1. The Bertz CT molecular complexity index is 411. The number of benzene rings is 1. The van der Waals surface area contributed by atoms with Crippen LogP contribution < -0.4 is 10.1 Å². The van der Waals surface area contributed by atoms with Gasteiger partial charge in [0.15, 0.2) is 0 Å². The lowest BCUT2D eigenvalue weighted by Crippen LogP contribution is -2.07. The number of sulfone groups is 1. The Morgan fingerprint density at radius 3 is 2.38 bits per heavy atom. The van der Waals surface area contributed by atoms with Gasteiger partial charge < -0.3 is 10.1 Å². The molecule has 4 nitrogen and oxygen atoms in total. The van der Waals surface area contributed by atoms with Gasteiger partial charge in [-0.1, -0.05) is 0 Å². The van der Waals surface area contributed by atoms with E-state index >= 15 is 0 Å². The van der Waals surface area contributed by atoms with Gasteiger partial charge in [-0.2, -0.15) is 0 Å². The monoisotopic (exact) mass is 243 g/mol. The maximum absolute atomic E-state index is 10.9. The van der Waals surface area contributed by atoms with Gasteiger partial charge in [-0.05, 0) is 30.7 Å². The molecule has 0 fully saturated rings. The first kappa shape index (κ1) is 12.8. The summed E-state index contributed by atoms with van der Waals surface area (Å²) >= 11 is 0. The average Bonchev–Trinajstić information content (AvgIpc) is 2.24. The summed E-state index contributed by atoms with van der Waals surface area (Å²) in [6.07, 6.45) is 1.75. The van der Waals surface area contributed by atoms with Crippen LogP contribution >= 0.6 is 0 Å². The van der Waals surface area contributed by atoms with E-state index in [0.717, 1.165) is 11.4 Å². The molecule has 90 valence electrons. The van der Waals surface area contributed by atoms with E-state index in [2.05, 4.69) is 5.32 Å². The molecule has 0 aliphatic rings. The minimum Gasteiger partial charge on any atom is -0.494 e. The molecular formula is C11H17NO3S. The lowest BCUT2D eigenvalue weighted by molar-refractivity contribution is 0.318. The minimum absolute atomic E-state index is 0.168. The zero-order chi connectivity index (χ0) is 12.0. The van der Waals surface area contributed by atoms with Crippen molar-refractivity contribution in [3.8, 4) is 5.75 Å². The topological polar surface area (TPSA) is 55.4 Å². The number of ether oxygens (including phenoxy) is 1. The van der Waals surface area contributed by atoms with Crippen LogP contribution in [-0.2, 0) is 9.84 Å². The molecule has 0 aromatic heterocycles. The third-order valence-corrected chi connectivity index (χ3v) is 3.10. The Labute approximate surface area is 96.5 Å². The van der Waals surface area contributed by atoms with Gasteiger partial charge in [0.1, 0.15) is 15.6 Å². The smallest absolute Gasteiger partial charge is 0.147 e. The zero-order valence-electron chi connectivity index (χ0n) is 9.56. The summed E-state index contributed by atoms with van der Waals surface area (Å²) in [5.74, 6) is 0.925. The highest BCUT2D eigenvalue weighted by Gasteiger charge is 2.01. The van der Waals surface area contributed by atoms with Crippen molar-refractivity contribution < 1.29 is 13.2 Å². The molecule has 0 heterocycles. The van der Waals surface area contributed by atoms with E-state index in [9.17, 15) is 8.42 Å². The fourth-order valence-corrected chi connectivity index (χ4v) is 1.87. The van der Waals surface area contributed by atoms with Gasteiger partial charge in [0.05, 0.1) is 12.4 Å². The molecule has 1 N–H and O–H groups in total. The Morgan fingerprint density at radius 2 is 1.88 bits per heavy atom. The second-order valence-corrected chi connectivity index (χ2v) is 5.87. The summed E-state index contributed by atoms with van der Waals surface area (Å²) in [4.78, 5) is 0. The van der Waals surface area contributed by atoms with E-state index < -0.39 is 9.84 Å². The van der Waals surface area contributed by atoms with Crippen LogP contribution in [0.5, 0.6) is 5.75 Å². The predicted octanol–water partition coefficient (Wildman–Crippen LogP) is 1.54. The van der Waals surface area contributed by atoms with E-state index in [-0.39, 0.29) is 5.75 Å². The van der Waals surface area contributed by atoms with Crippen LogP contribution in [0.4, 0.5) is 5.69 Å². The highest BCUT2D eigenvalue weighted by atomic mass is 32.2. The predicted molar refractivity (Wildman–Crippen MR) is 65.8 cm³/mol. The summed E-state index contributed by atoms with van der Waals surface area (Å²) in [5, 5.41) is 3.01. The maximum atomic E-state index is 10.9. The van der Waals surface area contributed by atoms with E-state index in [4.69, 9.17) is 4.74 Å². The van der Waals surface area contributed by atoms with Crippen LogP contribution in [0.15, 0.2) is 24.3 Å². The lowest BCUT2D eigenvalue weighted by atomic mass is 10.3. The fourth-order valence-electron chi connectivity index (χ4n) is 1.23. The summed E-state index contributed by atoms with van der Waals surface area (Å²) in [6.45, 7) is 0.423. The molecule has 16 heavy (non-hydrogen) atoms. The first-order chi connectivity index (χ1) is 7.51. The van der Waals surface area contributed by atoms with Crippen LogP contribution in [0, 0.1) is 0 Å². The van der Waals surface area contributed by atoms with Crippen molar-refractivity contribution >= 4 is 15.5 Å². The lowest BCUT2D eigenvalue weighted by Gasteiger charge is -2.06. The highest BCUT2D eigenvalue weighted by Crippen LogP contribution is 2.15. The number of anilines is 1. The fraction of sp³-hybridized carbons (Fsp3) is 0.455. The van der Waals surface area contributed by atoms with Crippen LogP contribution in [-0.4, -0.2) is 34.1 Å². The molecule has 0 atom stereocenters. The van der Waals surface area contributed by atoms with Gasteiger partial charge >= 0.3 is 0 Å². The zero-order valence-corrected chi connectivity index (χ0v) is 10.4. The Balaban J connectivity index is 2.32. The van der Waals surface area contributed by atoms with Crippen molar-refractivity contribution in [3.63, 3.8) is 0 Å². The molecule has 0 saturated heterocycles. The Kier molecular flexibility index (Phi) is 4.61. The van der Waals surface area contributed by atoms with Crippen LogP contribution in [0.1, 0.15) is 6.42 Å². The third kappa shape index (κ3) is 5.02. The van der Waals surface area contributed by atoms with Crippen molar-refractivity contribution in [3.05, 3.63) is 24.3 Å². The van der Waals surface area contributed by atoms with Gasteiger partial charge in [0.2, 0.25) is 0 Å². The van der Waals surface area contributed by atoms with Crippen molar-refractivity contribution in [2.24, 2.45) is 0 Å². The van der Waals surface area contributed by atoms with Crippen molar-refractivity contribution in [2.75, 3.05) is 31.0 Å². The number of rotatable bonds is 6. The van der Waals surface area contributed by atoms with E-state index in [0.29, 0.717) is 13.0 Å². The van der Waals surface area contributed by atoms with Gasteiger partial charge in [0, 0.05) is 19.0 Å². The molecular weight excluding hydrogens is 226 g/mol. The second kappa shape index (κ2) is 5.75. The second-order valence-electron chi connectivity index (χ2n) is 3.61. The highest BCUT2D eigenvalue weighted by molar-refractivity contribution is 7.90. The van der Waals surface area contributed by atoms with Crippen LogP contribution in [0.2, 0.25) is 0 Å². The van der Waals surface area contributed by atoms with Crippen LogP contribution in [0.25, 0.3) is 0 Å². The normalized spacial score (nSPS) is 11.1. The molecule has 1 aromatic rings. The molecule has 0 aliphatic carbocycles. The quantitative estimate of drug-likeness (QED) is 0.770. The van der Waals surface area contributed by atoms with Gasteiger partial charge in [-0.25, -0.2) is 8.42 Å². The molecule has 0 aliphatic heterocycles. The van der Waals surface area contributed by atoms with Gasteiger partial charge in [0.25, 0.3) is 0 Å². The van der Waals surface area contributed by atoms with Gasteiger partial charge in [-0.15, -0.1) is 0 Å². The van der Waals surface area contributed by atoms with E-state index in [1.165, 1.54) is 6.26 Å². The maximum Gasteiger partial charge on any atom is 0.147 e. The summed E-state index contributed by atoms with van der Waals surface area (Å²) in [6, 6.07) is 7.52. The Hall–Kier alpha value is -1.23. The van der Waals surface area contributed by atoms with E-state index in [1.807, 2.05) is 31.3 Å². The van der Waals surface area contributed by atoms with Crippen molar-refractivity contribution in [2.45, 2.75) is 6.42 Å². The molecule has 5 heteroatoms. The summed E-state index contributed by atoms with van der Waals surface area (Å²) in [5.41, 5.74) is 1.02. The van der Waals surface area contributed by atoms with E-state index in [1.54, 1.807) is 0 Å². The molecule has 1 rings (SSSR count). The average molecular weight is 243 g/mol. The number of hydrogen-bond donors (Lipinski definition) is 1. The SMILES string of the molecule is CNc1ccc(OCCCS(C)(=O)=O)cc1. The van der Waals surface area contributed by atoms with Crippen LogP contribution in [0.3, 0.4) is 0 Å². The molecule has 0 spiro atoms. The third-order valence-electron chi connectivity index (χ3n) is 2.07. The number of nitrogens with one attached hydrogen (secondary N) is 1. The van der Waals surface area contributed by atoms with Gasteiger partial charge in [-0.3, -0.25) is 0 Å². The van der Waals surface area contributed by atoms with Crippen molar-refractivity contribution in [1.82, 2.24) is 0 Å². The minimum atomic E-state index is -2.88. The first-order valence-corrected chi connectivity index (χ1v) is 7.15. The standard InChI is InChI=1S/C11H17NO3S/c1-12-10-4-6-11(7-5-10)15-8-3-9-16(2,13)14/h4-7,12H,3,8-9H2,1-2H3. The van der Waals surface area contributed by atoms with Crippen molar-refractivity contribution in [1.29, 1.82) is 0 Å². The Morgan fingerprint density at radius 1 is 1.25 bits per heavy atom. The first-order valence-electron chi connectivity index (χ1n) is 5.09. The molecule has 0 radical (unpaired) electrons. The molecule has 0 amide bonds. The molecule has 0 saturated carbocycles. The molecule has 1 aromatic carbocycles.